The zero-order valence-electron chi connectivity index (χ0n) is 17.9. The maximum Gasteiger partial charge on any atom is 0.283 e. The summed E-state index contributed by atoms with van der Waals surface area (Å²) in [4.78, 5) is 24.5. The van der Waals surface area contributed by atoms with E-state index >= 15 is 0 Å². The summed E-state index contributed by atoms with van der Waals surface area (Å²) in [5.74, 6) is -1.92. The van der Waals surface area contributed by atoms with E-state index in [0.29, 0.717) is 18.6 Å². The molecule has 4 rings (SSSR count). The lowest BCUT2D eigenvalue weighted by molar-refractivity contribution is -0.0785. The third-order valence-electron chi connectivity index (χ3n) is 5.82. The molecule has 3 atom stereocenters. The molecule has 1 aromatic carbocycles. The second-order valence-electron chi connectivity index (χ2n) is 7.99. The number of carbonyl (C=O) groups excluding carboxylic acids is 1. The highest BCUT2D eigenvalue weighted by Gasteiger charge is 2.51. The highest BCUT2D eigenvalue weighted by molar-refractivity contribution is 5.95. The number of hydrogen-bond acceptors (Lipinski definition) is 8. The van der Waals surface area contributed by atoms with Gasteiger partial charge in [-0.05, 0) is 17.7 Å². The molecule has 34 heavy (non-hydrogen) atoms. The monoisotopic (exact) mass is 482 g/mol. The molecule has 2 aliphatic heterocycles. The number of carbonyl (C=O) groups is 1. The molecular formula is C22H22F4N4O4. The number of alkyl halides is 3. The van der Waals surface area contributed by atoms with E-state index in [4.69, 9.17) is 19.9 Å². The minimum Gasteiger partial charge on any atom is -0.470 e. The molecule has 1 fully saturated rings. The van der Waals surface area contributed by atoms with Gasteiger partial charge >= 0.3 is 0 Å². The number of hydrogen-bond donors (Lipinski definition) is 1. The smallest absolute Gasteiger partial charge is 0.283 e. The number of ketones is 1. The van der Waals surface area contributed by atoms with Crippen molar-refractivity contribution >= 4 is 11.8 Å². The number of aromatic nitrogens is 2. The lowest BCUT2D eigenvalue weighted by atomic mass is 9.74. The van der Waals surface area contributed by atoms with Crippen LogP contribution in [0.25, 0.3) is 0 Å². The van der Waals surface area contributed by atoms with Crippen molar-refractivity contribution in [1.29, 1.82) is 0 Å². The van der Waals surface area contributed by atoms with Crippen LogP contribution in [0.15, 0.2) is 35.6 Å². The molecule has 2 N–H and O–H groups in total. The number of fused-ring (bicyclic) bond motifs is 1. The zero-order chi connectivity index (χ0) is 24.3. The van der Waals surface area contributed by atoms with Gasteiger partial charge in [0.25, 0.3) is 12.4 Å². The van der Waals surface area contributed by atoms with Crippen molar-refractivity contribution in [3.63, 3.8) is 0 Å². The molecule has 182 valence electrons. The Morgan fingerprint density at radius 2 is 2.12 bits per heavy atom. The molecule has 12 heteroatoms. The Labute approximate surface area is 192 Å². The molecule has 0 amide bonds. The SMILES string of the molecule is NC1=N[C@](CF)(c2cc(CC(=O)c3cnc(OCC(F)F)cn3)ccc2F)[C@H]2COCC[C@H]2O1. The molecule has 3 heterocycles. The molecule has 1 aromatic heterocycles. The lowest BCUT2D eigenvalue weighted by Gasteiger charge is -2.45. The van der Waals surface area contributed by atoms with Crippen LogP contribution in [-0.2, 0) is 21.4 Å². The van der Waals surface area contributed by atoms with Gasteiger partial charge in [-0.25, -0.2) is 32.5 Å². The van der Waals surface area contributed by atoms with E-state index in [1.807, 2.05) is 0 Å². The Morgan fingerprint density at radius 1 is 1.29 bits per heavy atom. The standard InChI is InChI=1S/C22H22F4N4O4/c23-11-22(14-9-32-4-3-18(14)34-21(27)30-22)13-5-12(1-2-15(13)24)6-17(31)16-7-29-20(8-28-16)33-10-19(25)26/h1-2,5,7-8,14,18-19H,3-4,6,9-11H2,(H2,27,30)/t14-,18+,22+/m0/s1. The van der Waals surface area contributed by atoms with Gasteiger partial charge in [-0.15, -0.1) is 0 Å². The number of halogens is 4. The van der Waals surface area contributed by atoms with E-state index in [1.54, 1.807) is 0 Å². The van der Waals surface area contributed by atoms with Crippen molar-refractivity contribution in [3.8, 4) is 5.88 Å². The maximum absolute atomic E-state index is 15.0. The largest absolute Gasteiger partial charge is 0.470 e. The summed E-state index contributed by atoms with van der Waals surface area (Å²) in [7, 11) is 0. The van der Waals surface area contributed by atoms with E-state index in [9.17, 15) is 22.4 Å². The molecular weight excluding hydrogens is 460 g/mol. The summed E-state index contributed by atoms with van der Waals surface area (Å²) >= 11 is 0. The fourth-order valence-corrected chi connectivity index (χ4v) is 4.20. The van der Waals surface area contributed by atoms with Crippen LogP contribution in [0.5, 0.6) is 5.88 Å². The molecule has 0 bridgehead atoms. The highest BCUT2D eigenvalue weighted by atomic mass is 19.3. The van der Waals surface area contributed by atoms with Gasteiger partial charge < -0.3 is 19.9 Å². The predicted octanol–water partition coefficient (Wildman–Crippen LogP) is 2.60. The van der Waals surface area contributed by atoms with Gasteiger partial charge in [-0.2, -0.15) is 0 Å². The summed E-state index contributed by atoms with van der Waals surface area (Å²) in [6.07, 6.45) is -0.724. The summed E-state index contributed by atoms with van der Waals surface area (Å²) in [6, 6.07) is 3.69. The number of aliphatic imine (C=N–C) groups is 1. The fraction of sp³-hybridized carbons (Fsp3) is 0.455. The summed E-state index contributed by atoms with van der Waals surface area (Å²) in [5.41, 5.74) is 4.46. The molecule has 0 saturated carbocycles. The second-order valence-corrected chi connectivity index (χ2v) is 7.99. The van der Waals surface area contributed by atoms with Crippen molar-refractivity contribution in [2.75, 3.05) is 26.5 Å². The molecule has 0 spiro atoms. The van der Waals surface area contributed by atoms with Crippen LogP contribution in [0.4, 0.5) is 17.6 Å². The van der Waals surface area contributed by atoms with E-state index in [-0.39, 0.29) is 36.2 Å². The van der Waals surface area contributed by atoms with Gasteiger partial charge in [-0.1, -0.05) is 6.07 Å². The van der Waals surface area contributed by atoms with E-state index in [0.717, 1.165) is 18.5 Å². The number of rotatable bonds is 8. The third kappa shape index (κ3) is 4.81. The number of ether oxygens (including phenoxy) is 3. The molecule has 1 saturated heterocycles. The molecule has 2 aliphatic rings. The topological polar surface area (TPSA) is 109 Å². The molecule has 0 radical (unpaired) electrons. The first-order valence-electron chi connectivity index (χ1n) is 10.5. The molecule has 0 aliphatic carbocycles. The van der Waals surface area contributed by atoms with Crippen LogP contribution < -0.4 is 10.5 Å². The Morgan fingerprint density at radius 3 is 2.82 bits per heavy atom. The number of nitrogens with zero attached hydrogens (tertiary/aromatic N) is 3. The van der Waals surface area contributed by atoms with Gasteiger partial charge in [0.1, 0.15) is 29.8 Å². The van der Waals surface area contributed by atoms with Gasteiger partial charge in [0.2, 0.25) is 5.88 Å². The van der Waals surface area contributed by atoms with E-state index < -0.39 is 48.9 Å². The Hall–Kier alpha value is -3.28. The number of amidine groups is 1. The average Bonchev–Trinajstić information content (AvgIpc) is 2.83. The van der Waals surface area contributed by atoms with Gasteiger partial charge in [-0.3, -0.25) is 4.79 Å². The summed E-state index contributed by atoms with van der Waals surface area (Å²) in [5, 5.41) is 0. The van der Waals surface area contributed by atoms with E-state index in [2.05, 4.69) is 15.0 Å². The highest BCUT2D eigenvalue weighted by Crippen LogP contribution is 2.44. The van der Waals surface area contributed by atoms with Crippen LogP contribution in [-0.4, -0.2) is 60.8 Å². The summed E-state index contributed by atoms with van der Waals surface area (Å²) < 4.78 is 69.8. The fourth-order valence-electron chi connectivity index (χ4n) is 4.20. The van der Waals surface area contributed by atoms with Crippen LogP contribution in [0, 0.1) is 11.7 Å². The lowest BCUT2D eigenvalue weighted by Crippen LogP contribution is -2.54. The van der Waals surface area contributed by atoms with Crippen molar-refractivity contribution in [2.24, 2.45) is 16.6 Å². The first-order valence-corrected chi connectivity index (χ1v) is 10.5. The van der Waals surface area contributed by atoms with Crippen LogP contribution in [0.1, 0.15) is 28.0 Å². The van der Waals surface area contributed by atoms with Crippen LogP contribution in [0.3, 0.4) is 0 Å². The molecule has 0 unspecified atom stereocenters. The Balaban J connectivity index is 1.58. The predicted molar refractivity (Wildman–Crippen MR) is 111 cm³/mol. The van der Waals surface area contributed by atoms with Gasteiger partial charge in [0, 0.05) is 18.4 Å². The maximum atomic E-state index is 15.0. The quantitative estimate of drug-likeness (QED) is 0.455. The van der Waals surface area contributed by atoms with Crippen molar-refractivity contribution in [1.82, 2.24) is 9.97 Å². The molecule has 2 aromatic rings. The third-order valence-corrected chi connectivity index (χ3v) is 5.82. The Kier molecular flexibility index (Phi) is 6.96. The van der Waals surface area contributed by atoms with Crippen molar-refractivity contribution in [3.05, 3.63) is 53.2 Å². The first-order chi connectivity index (χ1) is 16.3. The number of nitrogens with two attached hydrogens (primary N) is 1. The van der Waals surface area contributed by atoms with Crippen LogP contribution >= 0.6 is 0 Å². The first kappa shape index (κ1) is 23.9. The second kappa shape index (κ2) is 9.92. The van der Waals surface area contributed by atoms with Gasteiger partial charge in [0.05, 0.1) is 31.5 Å². The van der Waals surface area contributed by atoms with Gasteiger partial charge in [0.15, 0.2) is 12.4 Å². The molecule has 8 nitrogen and oxygen atoms in total. The van der Waals surface area contributed by atoms with Crippen molar-refractivity contribution < 1.29 is 36.6 Å². The normalized spacial score (nSPS) is 24.2. The Bertz CT molecular complexity index is 1070. The average molecular weight is 482 g/mol. The number of Topliss-reactive ketones (excluding diaryl/α,β-unsaturated/α-hetero) is 1. The van der Waals surface area contributed by atoms with Crippen molar-refractivity contribution in [2.45, 2.75) is 30.9 Å². The minimum absolute atomic E-state index is 0.0375. The summed E-state index contributed by atoms with van der Waals surface area (Å²) in [6.45, 7) is -1.37. The number of benzene rings is 1. The van der Waals surface area contributed by atoms with E-state index in [1.165, 1.54) is 12.1 Å². The van der Waals surface area contributed by atoms with Crippen LogP contribution in [0.2, 0.25) is 0 Å². The minimum atomic E-state index is -2.67. The zero-order valence-corrected chi connectivity index (χ0v) is 17.9.